The van der Waals surface area contributed by atoms with Crippen molar-refractivity contribution in [1.82, 2.24) is 4.90 Å². The Morgan fingerprint density at radius 3 is 2.74 bits per heavy atom. The largest absolute Gasteiger partial charge is 0.508 e. The van der Waals surface area contributed by atoms with E-state index in [4.69, 9.17) is 4.74 Å². The first-order valence-corrected chi connectivity index (χ1v) is 5.85. The van der Waals surface area contributed by atoms with Gasteiger partial charge in [0.05, 0.1) is 12.7 Å². The van der Waals surface area contributed by atoms with Crippen LogP contribution in [-0.2, 0) is 9.53 Å². The number of phenolic OH excluding ortho intramolecular Hbond substituents is 1. The second kappa shape index (κ2) is 5.17. The fourth-order valence-electron chi connectivity index (χ4n) is 1.95. The first-order valence-electron chi connectivity index (χ1n) is 5.85. The number of ether oxygens (including phenoxy) is 2. The second-order valence-electron chi connectivity index (χ2n) is 4.36. The van der Waals surface area contributed by atoms with E-state index >= 15 is 0 Å². The maximum atomic E-state index is 11.7. The summed E-state index contributed by atoms with van der Waals surface area (Å²) < 4.78 is 10.1. The smallest absolute Gasteiger partial charge is 0.338 e. The molecule has 1 aromatic carbocycles. The number of hydrogen-bond acceptors (Lipinski definition) is 5. The molecule has 1 fully saturated rings. The SMILES string of the molecule is COC(=O)c1cc(O)cc(OC2CCN(C)C2=O)c1. The molecule has 1 aromatic rings. The summed E-state index contributed by atoms with van der Waals surface area (Å²) in [5.74, 6) is -0.524. The molecule has 1 atom stereocenters. The van der Waals surface area contributed by atoms with E-state index in [9.17, 15) is 14.7 Å². The van der Waals surface area contributed by atoms with E-state index in [0.717, 1.165) is 0 Å². The number of esters is 1. The summed E-state index contributed by atoms with van der Waals surface area (Å²) in [5.41, 5.74) is 0.177. The predicted molar refractivity (Wildman–Crippen MR) is 66.1 cm³/mol. The number of likely N-dealkylation sites (N-methyl/N-ethyl adjacent to an activating group) is 1. The minimum atomic E-state index is -0.574. The topological polar surface area (TPSA) is 76.1 Å². The number of aromatic hydroxyl groups is 1. The van der Waals surface area contributed by atoms with Crippen LogP contribution in [0.4, 0.5) is 0 Å². The third-order valence-electron chi connectivity index (χ3n) is 2.97. The van der Waals surface area contributed by atoms with Crippen molar-refractivity contribution in [3.8, 4) is 11.5 Å². The lowest BCUT2D eigenvalue weighted by Gasteiger charge is -2.13. The zero-order chi connectivity index (χ0) is 14.0. The van der Waals surface area contributed by atoms with Crippen LogP contribution in [0.2, 0.25) is 0 Å². The number of methoxy groups -OCH3 is 1. The molecule has 6 nitrogen and oxygen atoms in total. The summed E-state index contributed by atoms with van der Waals surface area (Å²) in [4.78, 5) is 24.7. The highest BCUT2D eigenvalue weighted by Crippen LogP contribution is 2.25. The predicted octanol–water partition coefficient (Wildman–Crippen LogP) is 0.788. The zero-order valence-corrected chi connectivity index (χ0v) is 10.8. The van der Waals surface area contributed by atoms with Gasteiger partial charge < -0.3 is 19.5 Å². The van der Waals surface area contributed by atoms with Crippen LogP contribution >= 0.6 is 0 Å². The molecule has 0 saturated carbocycles. The monoisotopic (exact) mass is 265 g/mol. The number of amides is 1. The van der Waals surface area contributed by atoms with Gasteiger partial charge in [0.1, 0.15) is 11.5 Å². The molecule has 0 aromatic heterocycles. The first kappa shape index (κ1) is 13.2. The zero-order valence-electron chi connectivity index (χ0n) is 10.8. The molecule has 102 valence electrons. The Labute approximate surface area is 110 Å². The Bertz CT molecular complexity index is 514. The molecule has 1 amide bonds. The number of carbonyl (C=O) groups excluding carboxylic acids is 2. The lowest BCUT2D eigenvalue weighted by Crippen LogP contribution is -2.29. The quantitative estimate of drug-likeness (QED) is 0.818. The highest BCUT2D eigenvalue weighted by atomic mass is 16.5. The van der Waals surface area contributed by atoms with Crippen LogP contribution in [0, 0.1) is 0 Å². The van der Waals surface area contributed by atoms with Gasteiger partial charge in [0, 0.05) is 26.1 Å². The van der Waals surface area contributed by atoms with Gasteiger partial charge in [0.25, 0.3) is 5.91 Å². The fraction of sp³-hybridized carbons (Fsp3) is 0.385. The molecule has 0 bridgehead atoms. The van der Waals surface area contributed by atoms with E-state index in [2.05, 4.69) is 4.74 Å². The number of rotatable bonds is 3. The van der Waals surface area contributed by atoms with Crippen molar-refractivity contribution in [3.05, 3.63) is 23.8 Å². The Hall–Kier alpha value is -2.24. The molecule has 2 rings (SSSR count). The lowest BCUT2D eigenvalue weighted by molar-refractivity contribution is -0.132. The average Bonchev–Trinajstić information content (AvgIpc) is 2.69. The lowest BCUT2D eigenvalue weighted by atomic mass is 10.2. The van der Waals surface area contributed by atoms with Gasteiger partial charge in [-0.2, -0.15) is 0 Å². The molecule has 1 unspecified atom stereocenters. The molecule has 1 N–H and O–H groups in total. The van der Waals surface area contributed by atoms with Crippen LogP contribution in [0.5, 0.6) is 11.5 Å². The van der Waals surface area contributed by atoms with Crippen LogP contribution in [0.25, 0.3) is 0 Å². The highest BCUT2D eigenvalue weighted by Gasteiger charge is 2.31. The van der Waals surface area contributed by atoms with Gasteiger partial charge in [0.15, 0.2) is 6.10 Å². The summed E-state index contributed by atoms with van der Waals surface area (Å²) >= 11 is 0. The van der Waals surface area contributed by atoms with Crippen molar-refractivity contribution < 1.29 is 24.2 Å². The number of likely N-dealkylation sites (tertiary alicyclic amines) is 1. The maximum absolute atomic E-state index is 11.7. The van der Waals surface area contributed by atoms with Crippen LogP contribution in [0.15, 0.2) is 18.2 Å². The first-order chi connectivity index (χ1) is 9.01. The average molecular weight is 265 g/mol. The normalized spacial score (nSPS) is 18.5. The highest BCUT2D eigenvalue weighted by molar-refractivity contribution is 5.90. The van der Waals surface area contributed by atoms with Crippen molar-refractivity contribution in [1.29, 1.82) is 0 Å². The number of hydrogen-bond donors (Lipinski definition) is 1. The molecular formula is C13H15NO5. The van der Waals surface area contributed by atoms with Crippen molar-refractivity contribution in [2.75, 3.05) is 20.7 Å². The molecule has 1 saturated heterocycles. The summed E-state index contributed by atoms with van der Waals surface area (Å²) in [5, 5.41) is 9.55. The van der Waals surface area contributed by atoms with Crippen molar-refractivity contribution in [2.24, 2.45) is 0 Å². The summed E-state index contributed by atoms with van der Waals surface area (Å²) in [6, 6.07) is 4.08. The molecular weight excluding hydrogens is 250 g/mol. The number of nitrogens with zero attached hydrogens (tertiary/aromatic N) is 1. The summed E-state index contributed by atoms with van der Waals surface area (Å²) in [6.07, 6.45) is 0.00994. The number of phenols is 1. The van der Waals surface area contributed by atoms with Gasteiger partial charge in [-0.3, -0.25) is 4.79 Å². The summed E-state index contributed by atoms with van der Waals surface area (Å²) in [7, 11) is 2.95. The van der Waals surface area contributed by atoms with Gasteiger partial charge in [-0.05, 0) is 12.1 Å². The van der Waals surface area contributed by atoms with Gasteiger partial charge >= 0.3 is 5.97 Å². The van der Waals surface area contributed by atoms with Crippen LogP contribution < -0.4 is 4.74 Å². The van der Waals surface area contributed by atoms with Crippen molar-refractivity contribution in [2.45, 2.75) is 12.5 Å². The second-order valence-corrected chi connectivity index (χ2v) is 4.36. The molecule has 1 aliphatic heterocycles. The fourth-order valence-corrected chi connectivity index (χ4v) is 1.95. The Balaban J connectivity index is 2.19. The van der Waals surface area contributed by atoms with Crippen molar-refractivity contribution in [3.63, 3.8) is 0 Å². The van der Waals surface area contributed by atoms with Crippen LogP contribution in [0.3, 0.4) is 0 Å². The third kappa shape index (κ3) is 2.78. The number of benzene rings is 1. The molecule has 0 aliphatic carbocycles. The number of carbonyl (C=O) groups is 2. The molecule has 19 heavy (non-hydrogen) atoms. The molecule has 6 heteroatoms. The standard InChI is InChI=1S/C13H15NO5/c1-14-4-3-11(12(14)16)19-10-6-8(13(17)18-2)5-9(15)7-10/h5-7,11,15H,3-4H2,1-2H3. The van der Waals surface area contributed by atoms with Crippen LogP contribution in [0.1, 0.15) is 16.8 Å². The molecule has 1 heterocycles. The van der Waals surface area contributed by atoms with E-state index in [-0.39, 0.29) is 23.0 Å². The third-order valence-corrected chi connectivity index (χ3v) is 2.97. The van der Waals surface area contributed by atoms with E-state index in [1.165, 1.54) is 25.3 Å². The Morgan fingerprint density at radius 1 is 1.42 bits per heavy atom. The van der Waals surface area contributed by atoms with Crippen molar-refractivity contribution >= 4 is 11.9 Å². The molecule has 0 spiro atoms. The minimum Gasteiger partial charge on any atom is -0.508 e. The van der Waals surface area contributed by atoms with E-state index in [1.54, 1.807) is 11.9 Å². The van der Waals surface area contributed by atoms with E-state index in [0.29, 0.717) is 13.0 Å². The Morgan fingerprint density at radius 2 is 2.16 bits per heavy atom. The van der Waals surface area contributed by atoms with E-state index < -0.39 is 12.1 Å². The molecule has 1 aliphatic rings. The van der Waals surface area contributed by atoms with E-state index in [1.807, 2.05) is 0 Å². The van der Waals surface area contributed by atoms with Gasteiger partial charge in [-0.1, -0.05) is 0 Å². The van der Waals surface area contributed by atoms with Crippen LogP contribution in [-0.4, -0.2) is 48.7 Å². The molecule has 0 radical (unpaired) electrons. The Kier molecular flexibility index (Phi) is 3.59. The van der Waals surface area contributed by atoms with Gasteiger partial charge in [-0.15, -0.1) is 0 Å². The summed E-state index contributed by atoms with van der Waals surface area (Å²) in [6.45, 7) is 0.631. The van der Waals surface area contributed by atoms with Gasteiger partial charge in [0.2, 0.25) is 0 Å². The van der Waals surface area contributed by atoms with Gasteiger partial charge in [-0.25, -0.2) is 4.79 Å². The maximum Gasteiger partial charge on any atom is 0.338 e. The minimum absolute atomic E-state index is 0.108.